The van der Waals surface area contributed by atoms with Crippen LogP contribution < -0.4 is 19.1 Å². The van der Waals surface area contributed by atoms with E-state index in [1.54, 1.807) is 62.6 Å². The number of methoxy groups -OCH3 is 1. The van der Waals surface area contributed by atoms with E-state index in [1.807, 2.05) is 6.92 Å². The molecule has 2 rings (SSSR count). The number of hydrogen-bond acceptors (Lipinski definition) is 5. The summed E-state index contributed by atoms with van der Waals surface area (Å²) in [6.45, 7) is 3.98. The normalized spacial score (nSPS) is 12.1. The number of sulfonamides is 1. The molecule has 0 fully saturated rings. The number of ether oxygens (including phenoxy) is 2. The third-order valence-corrected chi connectivity index (χ3v) is 5.35. The van der Waals surface area contributed by atoms with Crippen molar-refractivity contribution in [2.24, 2.45) is 0 Å². The maximum Gasteiger partial charge on any atom is 0.243 e. The monoisotopic (exact) mass is 406 g/mol. The maximum atomic E-state index is 12.5. The summed E-state index contributed by atoms with van der Waals surface area (Å²) in [4.78, 5) is 12.5. The average molecular weight is 407 g/mol. The second kappa shape index (κ2) is 9.45. The van der Waals surface area contributed by atoms with Gasteiger partial charge < -0.3 is 14.8 Å². The number of carbonyl (C=O) groups is 1. The van der Waals surface area contributed by atoms with Gasteiger partial charge in [-0.2, -0.15) is 0 Å². The SMILES string of the molecule is COc1ccc(OCCNC(=O)C(C)N(c2ccc(C)cc2)S(C)(=O)=O)cc1. The molecule has 0 aliphatic rings. The van der Waals surface area contributed by atoms with E-state index in [2.05, 4.69) is 5.32 Å². The van der Waals surface area contributed by atoms with E-state index in [4.69, 9.17) is 9.47 Å². The predicted octanol–water partition coefficient (Wildman–Crippen LogP) is 2.35. The first-order chi connectivity index (χ1) is 13.2. The summed E-state index contributed by atoms with van der Waals surface area (Å²) in [7, 11) is -2.04. The summed E-state index contributed by atoms with van der Waals surface area (Å²) in [6.07, 6.45) is 1.09. The average Bonchev–Trinajstić information content (AvgIpc) is 2.66. The van der Waals surface area contributed by atoms with Gasteiger partial charge in [-0.1, -0.05) is 17.7 Å². The Labute approximate surface area is 166 Å². The Morgan fingerprint density at radius 2 is 1.64 bits per heavy atom. The lowest BCUT2D eigenvalue weighted by Crippen LogP contribution is -2.48. The lowest BCUT2D eigenvalue weighted by molar-refractivity contribution is -0.121. The van der Waals surface area contributed by atoms with Crippen molar-refractivity contribution in [3.63, 3.8) is 0 Å². The van der Waals surface area contributed by atoms with Gasteiger partial charge in [0.15, 0.2) is 0 Å². The van der Waals surface area contributed by atoms with Crippen molar-refractivity contribution < 1.29 is 22.7 Å². The number of rotatable bonds is 9. The van der Waals surface area contributed by atoms with Gasteiger partial charge in [0.05, 0.1) is 25.6 Å². The van der Waals surface area contributed by atoms with Crippen LogP contribution in [0.15, 0.2) is 48.5 Å². The molecule has 0 radical (unpaired) electrons. The molecule has 28 heavy (non-hydrogen) atoms. The third kappa shape index (κ3) is 5.88. The molecule has 0 spiro atoms. The summed E-state index contributed by atoms with van der Waals surface area (Å²) in [5.41, 5.74) is 1.45. The van der Waals surface area contributed by atoms with Crippen molar-refractivity contribution >= 4 is 21.6 Å². The Balaban J connectivity index is 1.94. The standard InChI is InChI=1S/C20H26N2O5S/c1-15-5-7-17(8-6-15)22(28(4,24)25)16(2)20(23)21-13-14-27-19-11-9-18(26-3)10-12-19/h5-12,16H,13-14H2,1-4H3,(H,21,23). The number of carbonyl (C=O) groups excluding carboxylic acids is 1. The maximum absolute atomic E-state index is 12.5. The van der Waals surface area contributed by atoms with E-state index in [0.717, 1.165) is 21.9 Å². The smallest absolute Gasteiger partial charge is 0.243 e. The lowest BCUT2D eigenvalue weighted by atomic mass is 10.2. The second-order valence-electron chi connectivity index (χ2n) is 6.39. The summed E-state index contributed by atoms with van der Waals surface area (Å²) in [5.74, 6) is 0.983. The highest BCUT2D eigenvalue weighted by Gasteiger charge is 2.28. The Hall–Kier alpha value is -2.74. The molecule has 1 amide bonds. The quantitative estimate of drug-likeness (QED) is 0.646. The Bertz CT molecular complexity index is 880. The van der Waals surface area contributed by atoms with Crippen LogP contribution in [-0.2, 0) is 14.8 Å². The van der Waals surface area contributed by atoms with Crippen LogP contribution in [-0.4, -0.2) is 46.9 Å². The molecular formula is C20H26N2O5S. The van der Waals surface area contributed by atoms with Gasteiger partial charge in [-0.25, -0.2) is 8.42 Å². The molecule has 0 bridgehead atoms. The van der Waals surface area contributed by atoms with Gasteiger partial charge >= 0.3 is 0 Å². The number of nitrogens with zero attached hydrogens (tertiary/aromatic N) is 1. The molecule has 0 aliphatic heterocycles. The number of hydrogen-bond donors (Lipinski definition) is 1. The molecule has 1 N–H and O–H groups in total. The molecule has 0 aromatic heterocycles. The van der Waals surface area contributed by atoms with Crippen LogP contribution in [0.25, 0.3) is 0 Å². The second-order valence-corrected chi connectivity index (χ2v) is 8.24. The van der Waals surface area contributed by atoms with Crippen molar-refractivity contribution in [2.75, 3.05) is 30.8 Å². The van der Waals surface area contributed by atoms with Crippen LogP contribution in [0.3, 0.4) is 0 Å². The Morgan fingerprint density at radius 1 is 1.07 bits per heavy atom. The molecular weight excluding hydrogens is 380 g/mol. The molecule has 2 aromatic rings. The first kappa shape index (κ1) is 21.6. The van der Waals surface area contributed by atoms with Crippen molar-refractivity contribution in [1.29, 1.82) is 0 Å². The van der Waals surface area contributed by atoms with E-state index in [-0.39, 0.29) is 13.2 Å². The molecule has 1 atom stereocenters. The zero-order chi connectivity index (χ0) is 20.7. The first-order valence-corrected chi connectivity index (χ1v) is 10.7. The van der Waals surface area contributed by atoms with Crippen LogP contribution >= 0.6 is 0 Å². The topological polar surface area (TPSA) is 84.9 Å². The Morgan fingerprint density at radius 3 is 2.18 bits per heavy atom. The molecule has 0 heterocycles. The fourth-order valence-electron chi connectivity index (χ4n) is 2.66. The largest absolute Gasteiger partial charge is 0.497 e. The minimum atomic E-state index is -3.63. The molecule has 0 saturated carbocycles. The van der Waals surface area contributed by atoms with Gasteiger partial charge in [0.2, 0.25) is 15.9 Å². The van der Waals surface area contributed by atoms with E-state index >= 15 is 0 Å². The third-order valence-electron chi connectivity index (χ3n) is 4.11. The first-order valence-electron chi connectivity index (χ1n) is 8.83. The highest BCUT2D eigenvalue weighted by atomic mass is 32.2. The fourth-order valence-corrected chi connectivity index (χ4v) is 3.84. The summed E-state index contributed by atoms with van der Waals surface area (Å²) >= 11 is 0. The molecule has 8 heteroatoms. The van der Waals surface area contributed by atoms with Crippen LogP contribution in [0.2, 0.25) is 0 Å². The van der Waals surface area contributed by atoms with Crippen molar-refractivity contribution in [1.82, 2.24) is 5.32 Å². The van der Waals surface area contributed by atoms with Gasteiger partial charge in [0, 0.05) is 0 Å². The number of anilines is 1. The Kier molecular flexibility index (Phi) is 7.28. The van der Waals surface area contributed by atoms with Gasteiger partial charge in [-0.05, 0) is 50.2 Å². The van der Waals surface area contributed by atoms with E-state index in [1.165, 1.54) is 0 Å². The predicted molar refractivity (Wildman–Crippen MR) is 109 cm³/mol. The fraction of sp³-hybridized carbons (Fsp3) is 0.350. The summed E-state index contributed by atoms with van der Waals surface area (Å²) < 4.78 is 36.2. The minimum absolute atomic E-state index is 0.251. The van der Waals surface area contributed by atoms with Crippen LogP contribution in [0.4, 0.5) is 5.69 Å². The van der Waals surface area contributed by atoms with Crippen LogP contribution in [0, 0.1) is 6.92 Å². The highest BCUT2D eigenvalue weighted by Crippen LogP contribution is 2.21. The zero-order valence-corrected chi connectivity index (χ0v) is 17.3. The molecule has 0 aliphatic carbocycles. The summed E-state index contributed by atoms with van der Waals surface area (Å²) in [5, 5.41) is 2.71. The molecule has 2 aromatic carbocycles. The molecule has 7 nitrogen and oxygen atoms in total. The number of aryl methyl sites for hydroxylation is 1. The van der Waals surface area contributed by atoms with Crippen molar-refractivity contribution in [2.45, 2.75) is 19.9 Å². The zero-order valence-electron chi connectivity index (χ0n) is 16.5. The van der Waals surface area contributed by atoms with Crippen molar-refractivity contribution in [3.05, 3.63) is 54.1 Å². The van der Waals surface area contributed by atoms with Gasteiger partial charge in [0.1, 0.15) is 24.1 Å². The van der Waals surface area contributed by atoms with Crippen molar-refractivity contribution in [3.8, 4) is 11.5 Å². The minimum Gasteiger partial charge on any atom is -0.497 e. The summed E-state index contributed by atoms with van der Waals surface area (Å²) in [6, 6.07) is 13.2. The van der Waals surface area contributed by atoms with Crippen LogP contribution in [0.1, 0.15) is 12.5 Å². The molecule has 152 valence electrons. The number of benzene rings is 2. The van der Waals surface area contributed by atoms with Gasteiger partial charge in [-0.15, -0.1) is 0 Å². The van der Waals surface area contributed by atoms with E-state index in [0.29, 0.717) is 11.4 Å². The highest BCUT2D eigenvalue weighted by molar-refractivity contribution is 7.92. The van der Waals surface area contributed by atoms with E-state index in [9.17, 15) is 13.2 Å². The number of amides is 1. The van der Waals surface area contributed by atoms with E-state index < -0.39 is 22.0 Å². The van der Waals surface area contributed by atoms with Gasteiger partial charge in [0.25, 0.3) is 0 Å². The lowest BCUT2D eigenvalue weighted by Gasteiger charge is -2.28. The number of nitrogens with one attached hydrogen (secondary N) is 1. The van der Waals surface area contributed by atoms with Gasteiger partial charge in [-0.3, -0.25) is 9.10 Å². The molecule has 0 saturated heterocycles. The van der Waals surface area contributed by atoms with Crippen LogP contribution in [0.5, 0.6) is 11.5 Å². The molecule has 1 unspecified atom stereocenters.